The molecule has 9 atom stereocenters. The third-order valence-electron chi connectivity index (χ3n) is 11.4. The first-order valence-corrected chi connectivity index (χ1v) is 26.0. The molecule has 9 heteroatoms. The minimum atomic E-state index is -2.17. The number of thioether (sulfide) groups is 1. The van der Waals surface area contributed by atoms with Crippen LogP contribution in [0.2, 0.25) is 36.3 Å². The van der Waals surface area contributed by atoms with Gasteiger partial charge in [0.15, 0.2) is 16.6 Å². The van der Waals surface area contributed by atoms with Gasteiger partial charge in [0.1, 0.15) is 18.1 Å². The van der Waals surface area contributed by atoms with Gasteiger partial charge in [-0.2, -0.15) is 0 Å². The molecule has 1 fully saturated rings. The van der Waals surface area contributed by atoms with E-state index < -0.39 is 28.2 Å². The molecule has 0 bridgehead atoms. The van der Waals surface area contributed by atoms with E-state index in [-0.39, 0.29) is 70.1 Å². The lowest BCUT2D eigenvalue weighted by Gasteiger charge is -2.49. The Bertz CT molecular complexity index is 1380. The van der Waals surface area contributed by atoms with Crippen molar-refractivity contribution >= 4 is 34.4 Å². The fourth-order valence-electron chi connectivity index (χ4n) is 5.79. The highest BCUT2D eigenvalue weighted by Gasteiger charge is 2.48. The lowest BCUT2D eigenvalue weighted by atomic mass is 9.84. The van der Waals surface area contributed by atoms with Crippen molar-refractivity contribution in [1.82, 2.24) is 0 Å². The fourth-order valence-corrected chi connectivity index (χ4v) is 9.86. The molecule has 0 spiro atoms. The molecule has 1 heterocycles. The SMILES string of the molecule is C/C(=C/[C@@H](C)[C@H](O[Si](C)(C)C(C)(C)C)[C@H](C)C#C[C@H](O)C[C@H]1O[C@@H](Sc2ccccc2)[C@@H](C)[C@H](O[Si](C)(C)C(C)(C)C)[C@@H]1C)COC(=O)C(C)(C)C. The third-order valence-corrected chi connectivity index (χ3v) is 21.6. The van der Waals surface area contributed by atoms with Crippen molar-refractivity contribution in [2.24, 2.45) is 29.1 Å². The van der Waals surface area contributed by atoms with Crippen LogP contribution in [0.25, 0.3) is 0 Å². The summed E-state index contributed by atoms with van der Waals surface area (Å²) in [6.45, 7) is 39.2. The van der Waals surface area contributed by atoms with E-state index in [4.69, 9.17) is 18.3 Å². The summed E-state index contributed by atoms with van der Waals surface area (Å²) >= 11 is 1.74. The molecule has 0 radical (unpaired) electrons. The zero-order valence-electron chi connectivity index (χ0n) is 36.0. The Hall–Kier alpha value is -1.39. The molecule has 1 aliphatic heterocycles. The molecule has 0 saturated carbocycles. The van der Waals surface area contributed by atoms with E-state index in [0.717, 1.165) is 10.5 Å². The maximum Gasteiger partial charge on any atom is 0.311 e. The number of esters is 1. The third kappa shape index (κ3) is 13.4. The molecule has 1 aromatic rings. The van der Waals surface area contributed by atoms with Crippen LogP contribution in [0.1, 0.15) is 103 Å². The van der Waals surface area contributed by atoms with Gasteiger partial charge in [0.2, 0.25) is 0 Å². The quantitative estimate of drug-likeness (QED) is 0.0926. The Morgan fingerprint density at radius 3 is 2.00 bits per heavy atom. The number of benzene rings is 1. The van der Waals surface area contributed by atoms with Gasteiger partial charge in [-0.05, 0) is 88.6 Å². The van der Waals surface area contributed by atoms with E-state index in [0.29, 0.717) is 6.42 Å². The molecule has 2 rings (SSSR count). The highest BCUT2D eigenvalue weighted by Crippen LogP contribution is 2.46. The molecule has 0 aromatic heterocycles. The molecule has 296 valence electrons. The lowest BCUT2D eigenvalue weighted by Crippen LogP contribution is -2.55. The Morgan fingerprint density at radius 1 is 0.923 bits per heavy atom. The predicted molar refractivity (Wildman–Crippen MR) is 224 cm³/mol. The van der Waals surface area contributed by atoms with Crippen LogP contribution in [-0.4, -0.2) is 64.2 Å². The molecular formula is C43H74O6SSi2. The first-order valence-electron chi connectivity index (χ1n) is 19.3. The van der Waals surface area contributed by atoms with Crippen LogP contribution >= 0.6 is 11.8 Å². The number of ether oxygens (including phenoxy) is 2. The van der Waals surface area contributed by atoms with Gasteiger partial charge < -0.3 is 23.4 Å². The molecule has 1 N–H and O–H groups in total. The van der Waals surface area contributed by atoms with Crippen LogP contribution in [0.3, 0.4) is 0 Å². The van der Waals surface area contributed by atoms with Gasteiger partial charge in [-0.1, -0.05) is 110 Å². The average Bonchev–Trinajstić information content (AvgIpc) is 3.00. The van der Waals surface area contributed by atoms with Crippen LogP contribution in [0.15, 0.2) is 46.9 Å². The summed E-state index contributed by atoms with van der Waals surface area (Å²) in [5.74, 6) is 6.51. The van der Waals surface area contributed by atoms with Crippen molar-refractivity contribution < 1.29 is 28.2 Å². The zero-order valence-corrected chi connectivity index (χ0v) is 38.8. The van der Waals surface area contributed by atoms with Crippen LogP contribution in [0, 0.1) is 40.9 Å². The summed E-state index contributed by atoms with van der Waals surface area (Å²) in [6, 6.07) is 10.4. The average molecular weight is 775 g/mol. The molecule has 0 amide bonds. The van der Waals surface area contributed by atoms with Crippen molar-refractivity contribution in [1.29, 1.82) is 0 Å². The van der Waals surface area contributed by atoms with E-state index in [9.17, 15) is 9.90 Å². The maximum atomic E-state index is 12.4. The Labute approximate surface area is 325 Å². The van der Waals surface area contributed by atoms with Crippen LogP contribution in [0.4, 0.5) is 0 Å². The Balaban J connectivity index is 2.36. The number of rotatable bonds is 13. The Morgan fingerprint density at radius 2 is 1.48 bits per heavy atom. The summed E-state index contributed by atoms with van der Waals surface area (Å²) in [5, 5.41) is 11.6. The van der Waals surface area contributed by atoms with E-state index in [1.54, 1.807) is 11.8 Å². The topological polar surface area (TPSA) is 74.2 Å². The number of aliphatic hydroxyl groups is 1. The minimum absolute atomic E-state index is 0.000790. The van der Waals surface area contributed by atoms with Crippen molar-refractivity contribution in [2.45, 2.75) is 174 Å². The Kier molecular flexibility index (Phi) is 16.6. The van der Waals surface area contributed by atoms with Crippen molar-refractivity contribution in [2.75, 3.05) is 6.61 Å². The number of carbonyl (C=O) groups excluding carboxylic acids is 1. The second-order valence-corrected chi connectivity index (χ2v) is 30.1. The summed E-state index contributed by atoms with van der Waals surface area (Å²) < 4.78 is 26.6. The largest absolute Gasteiger partial charge is 0.461 e. The molecule has 52 heavy (non-hydrogen) atoms. The van der Waals surface area contributed by atoms with Gasteiger partial charge in [0.25, 0.3) is 0 Å². The molecule has 0 aliphatic carbocycles. The van der Waals surface area contributed by atoms with Crippen LogP contribution in [0.5, 0.6) is 0 Å². The maximum absolute atomic E-state index is 12.4. The van der Waals surface area contributed by atoms with Crippen molar-refractivity contribution in [3.05, 3.63) is 42.0 Å². The standard InChI is InChI=1S/C43H74O6SSi2/c1-29(28-46-40(45)41(6,7)8)26-31(3)37(48-51(15,16)42(9,10)11)30(2)24-25-34(44)27-36-32(4)38(49-52(17,18)43(12,13)14)33(5)39(47-36)50-35-22-20-19-21-23-35/h19-23,26,30-34,36-39,44H,27-28H2,1-18H3/b29-26-/t30-,31-,32-,33+,34+,36-,37-,38-,39+/m1/s1. The summed E-state index contributed by atoms with van der Waals surface area (Å²) in [6.07, 6.45) is 1.27. The highest BCUT2D eigenvalue weighted by molar-refractivity contribution is 7.99. The molecule has 1 aliphatic rings. The normalized spacial score (nSPS) is 24.7. The molecule has 1 aromatic carbocycles. The second-order valence-electron chi connectivity index (χ2n) is 19.4. The second kappa shape index (κ2) is 18.5. The van der Waals surface area contributed by atoms with Crippen molar-refractivity contribution in [3.8, 4) is 11.8 Å². The molecule has 6 nitrogen and oxygen atoms in total. The monoisotopic (exact) mass is 774 g/mol. The minimum Gasteiger partial charge on any atom is -0.461 e. The summed E-state index contributed by atoms with van der Waals surface area (Å²) in [7, 11) is -4.25. The number of carbonyl (C=O) groups is 1. The first kappa shape index (κ1) is 46.8. The highest BCUT2D eigenvalue weighted by atomic mass is 32.2. The number of aliphatic hydroxyl groups excluding tert-OH is 1. The molecule has 0 unspecified atom stereocenters. The lowest BCUT2D eigenvalue weighted by molar-refractivity contribution is -0.151. The molecular weight excluding hydrogens is 701 g/mol. The fraction of sp³-hybridized carbons (Fsp3) is 0.744. The smallest absolute Gasteiger partial charge is 0.311 e. The molecule has 1 saturated heterocycles. The first-order chi connectivity index (χ1) is 23.6. The van der Waals surface area contributed by atoms with Gasteiger partial charge in [-0.25, -0.2) is 0 Å². The van der Waals surface area contributed by atoms with Gasteiger partial charge in [0.05, 0.1) is 23.7 Å². The van der Waals surface area contributed by atoms with E-state index in [1.807, 2.05) is 33.8 Å². The van der Waals surface area contributed by atoms with Crippen LogP contribution in [-0.2, 0) is 23.1 Å². The van der Waals surface area contributed by atoms with Gasteiger partial charge >= 0.3 is 5.97 Å². The van der Waals surface area contributed by atoms with Crippen molar-refractivity contribution in [3.63, 3.8) is 0 Å². The van der Waals surface area contributed by atoms with Crippen LogP contribution < -0.4 is 0 Å². The van der Waals surface area contributed by atoms with Gasteiger partial charge in [0, 0.05) is 35.0 Å². The number of hydrogen-bond donors (Lipinski definition) is 1. The number of hydrogen-bond acceptors (Lipinski definition) is 7. The van der Waals surface area contributed by atoms with E-state index in [2.05, 4.69) is 138 Å². The van der Waals surface area contributed by atoms with Gasteiger partial charge in [-0.3, -0.25) is 4.79 Å². The predicted octanol–water partition coefficient (Wildman–Crippen LogP) is 11.1. The summed E-state index contributed by atoms with van der Waals surface area (Å²) in [4.78, 5) is 13.6. The van der Waals surface area contributed by atoms with E-state index >= 15 is 0 Å². The zero-order chi connectivity index (χ0) is 40.0. The van der Waals surface area contributed by atoms with E-state index in [1.165, 1.54) is 0 Å². The summed E-state index contributed by atoms with van der Waals surface area (Å²) in [5.41, 5.74) is 0.312. The van der Waals surface area contributed by atoms with Gasteiger partial charge in [-0.15, -0.1) is 0 Å².